The van der Waals surface area contributed by atoms with Crippen molar-refractivity contribution in [2.75, 3.05) is 0 Å². The maximum absolute atomic E-state index is 2.49. The third-order valence-electron chi connectivity index (χ3n) is 10.2. The van der Waals surface area contributed by atoms with Gasteiger partial charge in [0.25, 0.3) is 0 Å². The second-order valence-corrected chi connectivity index (χ2v) is 15.3. The quantitative estimate of drug-likeness (QED) is 0.184. The van der Waals surface area contributed by atoms with E-state index in [1.807, 2.05) is 0 Å². The molecule has 6 aromatic carbocycles. The smallest absolute Gasteiger partial charge is 0.00200 e. The summed E-state index contributed by atoms with van der Waals surface area (Å²) in [6.07, 6.45) is 6.78. The van der Waals surface area contributed by atoms with E-state index in [2.05, 4.69) is 145 Å². The predicted molar refractivity (Wildman–Crippen MR) is 193 cm³/mol. The summed E-state index contributed by atoms with van der Waals surface area (Å²) in [5.74, 6) is 0.710. The van der Waals surface area contributed by atoms with Gasteiger partial charge in [0, 0.05) is 0 Å². The van der Waals surface area contributed by atoms with Crippen LogP contribution >= 0.6 is 0 Å². The number of rotatable bonds is 3. The lowest BCUT2D eigenvalue weighted by molar-refractivity contribution is 0.443. The number of benzene rings is 6. The fraction of sp³-hybridized carbons (Fsp3) is 0.318. The lowest BCUT2D eigenvalue weighted by atomic mass is 9.78. The molecule has 0 N–H and O–H groups in total. The topological polar surface area (TPSA) is 0 Å². The van der Waals surface area contributed by atoms with Gasteiger partial charge in [-0.25, -0.2) is 0 Å². The summed E-state index contributed by atoms with van der Waals surface area (Å²) in [6, 6.07) is 39.9. The molecule has 44 heavy (non-hydrogen) atoms. The fourth-order valence-electron chi connectivity index (χ4n) is 7.56. The highest BCUT2D eigenvalue weighted by molar-refractivity contribution is 6.23. The van der Waals surface area contributed by atoms with E-state index in [0.717, 1.165) is 0 Å². The van der Waals surface area contributed by atoms with Crippen LogP contribution in [-0.4, -0.2) is 0 Å². The van der Waals surface area contributed by atoms with Gasteiger partial charge >= 0.3 is 0 Å². The van der Waals surface area contributed by atoms with Crippen LogP contribution in [-0.2, 0) is 10.8 Å². The minimum absolute atomic E-state index is 0.0527. The molecule has 0 amide bonds. The first kappa shape index (κ1) is 28.8. The molecule has 0 heteroatoms. The zero-order chi connectivity index (χ0) is 30.6. The van der Waals surface area contributed by atoms with Gasteiger partial charge in [0.1, 0.15) is 0 Å². The zero-order valence-corrected chi connectivity index (χ0v) is 27.4. The molecule has 7 rings (SSSR count). The van der Waals surface area contributed by atoms with Crippen LogP contribution in [0.3, 0.4) is 0 Å². The Morgan fingerprint density at radius 3 is 1.68 bits per heavy atom. The van der Waals surface area contributed by atoms with Crippen molar-refractivity contribution < 1.29 is 0 Å². The Morgan fingerprint density at radius 2 is 1.05 bits per heavy atom. The van der Waals surface area contributed by atoms with Crippen LogP contribution in [0.25, 0.3) is 54.6 Å². The van der Waals surface area contributed by atoms with Gasteiger partial charge in [-0.1, -0.05) is 152 Å². The Bertz CT molecular complexity index is 1980. The van der Waals surface area contributed by atoms with E-state index >= 15 is 0 Å². The highest BCUT2D eigenvalue weighted by atomic mass is 14.3. The first-order valence-electron chi connectivity index (χ1n) is 16.7. The molecule has 0 bridgehead atoms. The van der Waals surface area contributed by atoms with Gasteiger partial charge in [-0.2, -0.15) is 0 Å². The van der Waals surface area contributed by atoms with Gasteiger partial charge in [-0.3, -0.25) is 0 Å². The molecule has 1 aliphatic carbocycles. The molecule has 0 aromatic heterocycles. The predicted octanol–water partition coefficient (Wildman–Crippen LogP) is 13.1. The van der Waals surface area contributed by atoms with Gasteiger partial charge in [-0.05, 0) is 113 Å². The first-order chi connectivity index (χ1) is 21.1. The second kappa shape index (κ2) is 10.9. The SMILES string of the molecule is CC(C)(C)c1ccc2c(-c3cccc4ccccc34)c3cc(C(C)(C)C)ccc3c(-c3ccc(C4CCCCC4)cc3)c2c1. The highest BCUT2D eigenvalue weighted by Gasteiger charge is 2.23. The molecule has 0 atom stereocenters. The Hall–Kier alpha value is -3.90. The Kier molecular flexibility index (Phi) is 7.16. The van der Waals surface area contributed by atoms with Crippen molar-refractivity contribution in [3.05, 3.63) is 120 Å². The van der Waals surface area contributed by atoms with Crippen LogP contribution in [0.15, 0.2) is 103 Å². The van der Waals surface area contributed by atoms with Crippen molar-refractivity contribution in [2.45, 2.75) is 90.4 Å². The van der Waals surface area contributed by atoms with E-state index < -0.39 is 0 Å². The van der Waals surface area contributed by atoms with E-state index in [4.69, 9.17) is 0 Å². The van der Waals surface area contributed by atoms with Gasteiger partial charge < -0.3 is 0 Å². The molecule has 0 heterocycles. The summed E-state index contributed by atoms with van der Waals surface area (Å²) in [4.78, 5) is 0. The maximum Gasteiger partial charge on any atom is -0.00200 e. The van der Waals surface area contributed by atoms with Gasteiger partial charge in [0.2, 0.25) is 0 Å². The van der Waals surface area contributed by atoms with E-state index in [-0.39, 0.29) is 10.8 Å². The molecule has 0 aliphatic heterocycles. The number of fused-ring (bicyclic) bond motifs is 3. The van der Waals surface area contributed by atoms with Gasteiger partial charge in [0.05, 0.1) is 0 Å². The van der Waals surface area contributed by atoms with Crippen LogP contribution in [0.2, 0.25) is 0 Å². The molecule has 0 unspecified atom stereocenters. The van der Waals surface area contributed by atoms with Crippen molar-refractivity contribution >= 4 is 32.3 Å². The molecule has 0 saturated heterocycles. The molecule has 222 valence electrons. The van der Waals surface area contributed by atoms with Crippen LogP contribution in [0.1, 0.15) is 96.3 Å². The van der Waals surface area contributed by atoms with Crippen molar-refractivity contribution in [3.63, 3.8) is 0 Å². The summed E-state index contributed by atoms with van der Waals surface area (Å²) in [5, 5.41) is 7.96. The molecule has 1 aliphatic rings. The normalized spacial score (nSPS) is 15.0. The van der Waals surface area contributed by atoms with Crippen molar-refractivity contribution in [1.29, 1.82) is 0 Å². The zero-order valence-electron chi connectivity index (χ0n) is 27.4. The summed E-state index contributed by atoms with van der Waals surface area (Å²) >= 11 is 0. The van der Waals surface area contributed by atoms with Gasteiger partial charge in [-0.15, -0.1) is 0 Å². The van der Waals surface area contributed by atoms with E-state index in [1.54, 1.807) is 0 Å². The van der Waals surface area contributed by atoms with Crippen LogP contribution in [0, 0.1) is 0 Å². The summed E-state index contributed by atoms with van der Waals surface area (Å²) in [5.41, 5.74) is 9.71. The molecule has 6 aromatic rings. The van der Waals surface area contributed by atoms with E-state index in [0.29, 0.717) is 5.92 Å². The Morgan fingerprint density at radius 1 is 0.477 bits per heavy atom. The fourth-order valence-corrected chi connectivity index (χ4v) is 7.56. The summed E-state index contributed by atoms with van der Waals surface area (Å²) in [7, 11) is 0. The molecule has 1 saturated carbocycles. The Balaban J connectivity index is 1.59. The lowest BCUT2D eigenvalue weighted by Gasteiger charge is -2.25. The average molecular weight is 575 g/mol. The third kappa shape index (κ3) is 5.13. The molecule has 0 nitrogen and oxygen atoms in total. The van der Waals surface area contributed by atoms with Crippen molar-refractivity contribution in [2.24, 2.45) is 0 Å². The molecular formula is C44H46. The number of hydrogen-bond donors (Lipinski definition) is 0. The lowest BCUT2D eigenvalue weighted by Crippen LogP contribution is -2.11. The van der Waals surface area contributed by atoms with Gasteiger partial charge in [0.15, 0.2) is 0 Å². The van der Waals surface area contributed by atoms with Crippen molar-refractivity contribution in [1.82, 2.24) is 0 Å². The minimum Gasteiger partial charge on any atom is -0.0616 e. The monoisotopic (exact) mass is 574 g/mol. The third-order valence-corrected chi connectivity index (χ3v) is 10.2. The van der Waals surface area contributed by atoms with Crippen LogP contribution in [0.4, 0.5) is 0 Å². The van der Waals surface area contributed by atoms with Crippen LogP contribution in [0.5, 0.6) is 0 Å². The summed E-state index contributed by atoms with van der Waals surface area (Å²) in [6.45, 7) is 14.0. The van der Waals surface area contributed by atoms with E-state index in [9.17, 15) is 0 Å². The van der Waals surface area contributed by atoms with Crippen molar-refractivity contribution in [3.8, 4) is 22.3 Å². The van der Waals surface area contributed by atoms with E-state index in [1.165, 1.54) is 103 Å². The molecule has 1 fully saturated rings. The highest BCUT2D eigenvalue weighted by Crippen LogP contribution is 2.47. The Labute approximate surface area is 264 Å². The largest absolute Gasteiger partial charge is 0.0616 e. The second-order valence-electron chi connectivity index (χ2n) is 15.3. The van der Waals surface area contributed by atoms with Crippen LogP contribution < -0.4 is 0 Å². The minimum atomic E-state index is 0.0527. The average Bonchev–Trinajstić information content (AvgIpc) is 3.02. The molecular weight excluding hydrogens is 528 g/mol. The standard InChI is InChI=1S/C44H46/c1-43(2,3)33-24-26-38-39(27-33)41(32-21-19-30(20-22-32)29-13-8-7-9-14-29)37-25-23-34(44(4,5)6)28-40(37)42(38)36-18-12-16-31-15-10-11-17-35(31)36/h10-12,15-29H,7-9,13-14H2,1-6H3. The summed E-state index contributed by atoms with van der Waals surface area (Å²) < 4.78 is 0. The molecule has 0 spiro atoms. The molecule has 0 radical (unpaired) electrons. The maximum atomic E-state index is 2.49. The first-order valence-corrected chi connectivity index (χ1v) is 16.7. The number of hydrogen-bond acceptors (Lipinski definition) is 0.